The normalized spacial score (nSPS) is 22.4. The molecule has 1 aliphatic carbocycles. The lowest BCUT2D eigenvalue weighted by atomic mass is 9.69. The highest BCUT2D eigenvalue weighted by molar-refractivity contribution is 5.84. The number of ether oxygens (including phenoxy) is 3. The van der Waals surface area contributed by atoms with Crippen LogP contribution in [0, 0.1) is 0 Å². The van der Waals surface area contributed by atoms with Gasteiger partial charge >= 0.3 is 6.09 Å². The number of hydrogen-bond acceptors (Lipinski definition) is 7. The summed E-state index contributed by atoms with van der Waals surface area (Å²) < 4.78 is 17.8. The molecule has 0 aromatic heterocycles. The molecule has 6 rings (SSSR count). The lowest BCUT2D eigenvalue weighted by Crippen LogP contribution is -2.44. The summed E-state index contributed by atoms with van der Waals surface area (Å²) >= 11 is 0. The van der Waals surface area contributed by atoms with Crippen molar-refractivity contribution < 1.29 is 23.8 Å². The predicted octanol–water partition coefficient (Wildman–Crippen LogP) is 5.76. The van der Waals surface area contributed by atoms with Crippen LogP contribution in [0.5, 0.6) is 11.5 Å². The maximum absolute atomic E-state index is 12.4. The summed E-state index contributed by atoms with van der Waals surface area (Å²) in [6.07, 6.45) is 6.37. The lowest BCUT2D eigenvalue weighted by molar-refractivity contribution is 0.0667. The zero-order valence-electron chi connectivity index (χ0n) is 22.0. The average Bonchev–Trinajstić information content (AvgIpc) is 3.21. The van der Waals surface area contributed by atoms with E-state index in [2.05, 4.69) is 34.4 Å². The molecular formula is C31H31N3O5. The number of aliphatic imine (C=N–C) groups is 1. The van der Waals surface area contributed by atoms with E-state index in [9.17, 15) is 9.59 Å². The average molecular weight is 526 g/mol. The zero-order chi connectivity index (χ0) is 27.2. The smallest absolute Gasteiger partial charge is 0.412 e. The fraction of sp³-hybridized carbons (Fsp3) is 0.290. The number of carbonyl (C=O) groups excluding carboxylic acids is 2. The largest absolute Gasteiger partial charge is 0.493 e. The highest BCUT2D eigenvalue weighted by Crippen LogP contribution is 2.55. The Labute approximate surface area is 227 Å². The molecule has 39 heavy (non-hydrogen) atoms. The molecular weight excluding hydrogens is 494 g/mol. The van der Waals surface area contributed by atoms with Crippen molar-refractivity contribution in [1.29, 1.82) is 0 Å². The summed E-state index contributed by atoms with van der Waals surface area (Å²) in [6.45, 7) is 1.86. The molecule has 8 heteroatoms. The molecule has 0 fully saturated rings. The van der Waals surface area contributed by atoms with Gasteiger partial charge in [0, 0.05) is 24.2 Å². The van der Waals surface area contributed by atoms with E-state index in [1.807, 2.05) is 60.7 Å². The summed E-state index contributed by atoms with van der Waals surface area (Å²) in [5.74, 6) is 1.61. The first-order valence-electron chi connectivity index (χ1n) is 12.9. The molecule has 1 amide bonds. The molecule has 1 spiro atoms. The molecule has 3 atom stereocenters. The minimum Gasteiger partial charge on any atom is -0.493 e. The number of benzene rings is 3. The van der Waals surface area contributed by atoms with Crippen molar-refractivity contribution in [2.45, 2.75) is 37.0 Å². The minimum absolute atomic E-state index is 0.0893. The Kier molecular flexibility index (Phi) is 7.77. The number of anilines is 1. The first-order valence-corrected chi connectivity index (χ1v) is 12.9. The topological polar surface area (TPSA) is 89.5 Å². The van der Waals surface area contributed by atoms with Gasteiger partial charge in [0.15, 0.2) is 11.5 Å². The Hall–Kier alpha value is -4.39. The number of para-hydroxylation sites is 2. The van der Waals surface area contributed by atoms with Gasteiger partial charge in [0.1, 0.15) is 12.2 Å². The van der Waals surface area contributed by atoms with Crippen molar-refractivity contribution >= 4 is 23.5 Å². The van der Waals surface area contributed by atoms with Crippen molar-refractivity contribution in [2.75, 3.05) is 26.0 Å². The Bertz CT molecular complexity index is 1390. The van der Waals surface area contributed by atoms with E-state index in [-0.39, 0.29) is 17.6 Å². The van der Waals surface area contributed by atoms with Crippen LogP contribution in [-0.2, 0) is 21.5 Å². The Morgan fingerprint density at radius 1 is 1.10 bits per heavy atom. The number of methoxy groups -OCH3 is 1. The van der Waals surface area contributed by atoms with Crippen molar-refractivity contribution in [1.82, 2.24) is 4.90 Å². The molecule has 0 saturated carbocycles. The molecule has 3 unspecified atom stereocenters. The van der Waals surface area contributed by atoms with Crippen LogP contribution in [0.2, 0.25) is 0 Å². The van der Waals surface area contributed by atoms with Crippen LogP contribution in [0.15, 0.2) is 89.9 Å². The minimum atomic E-state index is -0.457. The molecule has 3 aromatic carbocycles. The molecule has 3 aromatic rings. The lowest BCUT2D eigenvalue weighted by Gasteiger charge is -2.36. The Morgan fingerprint density at radius 2 is 1.85 bits per heavy atom. The van der Waals surface area contributed by atoms with E-state index in [4.69, 9.17) is 14.2 Å². The van der Waals surface area contributed by atoms with E-state index >= 15 is 0 Å². The van der Waals surface area contributed by atoms with Gasteiger partial charge in [-0.1, -0.05) is 48.5 Å². The van der Waals surface area contributed by atoms with E-state index in [0.29, 0.717) is 17.8 Å². The summed E-state index contributed by atoms with van der Waals surface area (Å²) in [4.78, 5) is 27.8. The molecule has 200 valence electrons. The zero-order valence-corrected chi connectivity index (χ0v) is 22.0. The second-order valence-corrected chi connectivity index (χ2v) is 9.83. The van der Waals surface area contributed by atoms with Crippen molar-refractivity contribution in [3.63, 3.8) is 0 Å². The SMILES string of the molecule is COc1ccc2c3c1OC1CC(OC(=O)Nc4ccccc4)C=CC31CCN(C)C2.O=C=Nc1ccccc1. The molecule has 0 bridgehead atoms. The van der Waals surface area contributed by atoms with E-state index in [1.54, 1.807) is 19.2 Å². The van der Waals surface area contributed by atoms with Gasteiger partial charge in [-0.15, -0.1) is 0 Å². The third kappa shape index (κ3) is 5.58. The van der Waals surface area contributed by atoms with Gasteiger partial charge in [0.05, 0.1) is 18.2 Å². The van der Waals surface area contributed by atoms with Gasteiger partial charge in [-0.3, -0.25) is 5.32 Å². The van der Waals surface area contributed by atoms with Gasteiger partial charge in [0.25, 0.3) is 0 Å². The molecule has 1 N–H and O–H groups in total. The first-order chi connectivity index (χ1) is 19.0. The maximum atomic E-state index is 12.4. The molecule has 3 aliphatic rings. The van der Waals surface area contributed by atoms with Crippen molar-refractivity contribution in [3.8, 4) is 11.5 Å². The van der Waals surface area contributed by atoms with Crippen LogP contribution >= 0.6 is 0 Å². The molecule has 2 heterocycles. The number of amides is 1. The van der Waals surface area contributed by atoms with Crippen LogP contribution in [0.25, 0.3) is 0 Å². The first kappa shape index (κ1) is 26.2. The van der Waals surface area contributed by atoms with Gasteiger partial charge in [-0.2, -0.15) is 4.99 Å². The summed E-state index contributed by atoms with van der Waals surface area (Å²) in [7, 11) is 3.82. The van der Waals surface area contributed by atoms with Crippen molar-refractivity contribution in [3.05, 3.63) is 96.1 Å². The van der Waals surface area contributed by atoms with Crippen LogP contribution in [-0.4, -0.2) is 50.0 Å². The number of hydrogen-bond donors (Lipinski definition) is 1. The fourth-order valence-electron chi connectivity index (χ4n) is 5.51. The molecule has 0 radical (unpaired) electrons. The van der Waals surface area contributed by atoms with Crippen LogP contribution in [0.4, 0.5) is 16.2 Å². The fourth-order valence-corrected chi connectivity index (χ4v) is 5.51. The van der Waals surface area contributed by atoms with E-state index in [0.717, 1.165) is 31.0 Å². The van der Waals surface area contributed by atoms with Gasteiger partial charge in [0.2, 0.25) is 6.08 Å². The summed E-state index contributed by atoms with van der Waals surface area (Å²) in [5.41, 5.74) is 3.66. The highest BCUT2D eigenvalue weighted by atomic mass is 16.6. The Morgan fingerprint density at radius 3 is 2.56 bits per heavy atom. The number of nitrogens with one attached hydrogen (secondary N) is 1. The number of carbonyl (C=O) groups is 1. The molecule has 0 saturated heterocycles. The second kappa shape index (κ2) is 11.6. The maximum Gasteiger partial charge on any atom is 0.412 e. The monoisotopic (exact) mass is 525 g/mol. The second-order valence-electron chi connectivity index (χ2n) is 9.83. The van der Waals surface area contributed by atoms with Gasteiger partial charge in [-0.05, 0) is 62.0 Å². The molecule has 8 nitrogen and oxygen atoms in total. The predicted molar refractivity (Wildman–Crippen MR) is 148 cm³/mol. The quantitative estimate of drug-likeness (QED) is 0.265. The number of isocyanates is 1. The van der Waals surface area contributed by atoms with Gasteiger partial charge in [-0.25, -0.2) is 9.59 Å². The van der Waals surface area contributed by atoms with Gasteiger partial charge < -0.3 is 19.1 Å². The molecule has 2 aliphatic heterocycles. The number of nitrogens with zero attached hydrogens (tertiary/aromatic N) is 2. The summed E-state index contributed by atoms with van der Waals surface area (Å²) in [5, 5.41) is 2.78. The van der Waals surface area contributed by atoms with Crippen LogP contribution in [0.3, 0.4) is 0 Å². The van der Waals surface area contributed by atoms with E-state index in [1.165, 1.54) is 17.2 Å². The van der Waals surface area contributed by atoms with Crippen LogP contribution in [0.1, 0.15) is 24.0 Å². The van der Waals surface area contributed by atoms with E-state index < -0.39 is 6.09 Å². The standard InChI is InChI=1S/C24H26N2O4.C7H5NO/c1-26-13-12-24-11-10-18(29-23(27)25-17-6-4-3-5-7-17)14-20(24)30-22-19(28-2)9-8-16(15-26)21(22)24;9-6-8-7-4-2-1-3-5-7/h3-11,18,20H,12-15H2,1-2H3,(H,25,27);1-5H. The summed E-state index contributed by atoms with van der Waals surface area (Å²) in [6, 6.07) is 22.4. The Balaban J connectivity index is 0.000000292. The third-order valence-corrected chi connectivity index (χ3v) is 7.34. The van der Waals surface area contributed by atoms with Crippen molar-refractivity contribution in [2.24, 2.45) is 4.99 Å². The highest BCUT2D eigenvalue weighted by Gasteiger charge is 2.53. The third-order valence-electron chi connectivity index (χ3n) is 7.34. The van der Waals surface area contributed by atoms with Crippen LogP contribution < -0.4 is 14.8 Å². The number of rotatable bonds is 4.